The Morgan fingerprint density at radius 2 is 1.90 bits per heavy atom. The third-order valence-corrected chi connectivity index (χ3v) is 3.34. The standard InChI is InChI=1S/C15H13ClN2O2/c16-11-5-7-12(8-6-11)20-15(19)18-10-9-17-13-3-1-2-4-14(13)18/h1-8,17H,9-10H2. The first kappa shape index (κ1) is 12.8. The number of hydrogen-bond acceptors (Lipinski definition) is 3. The van der Waals surface area contributed by atoms with Crippen LogP contribution >= 0.6 is 11.6 Å². The van der Waals surface area contributed by atoms with Gasteiger partial charge in [-0.2, -0.15) is 0 Å². The summed E-state index contributed by atoms with van der Waals surface area (Å²) in [5.74, 6) is 0.482. The Morgan fingerprint density at radius 3 is 2.70 bits per heavy atom. The van der Waals surface area contributed by atoms with Gasteiger partial charge in [-0.15, -0.1) is 0 Å². The SMILES string of the molecule is O=C(Oc1ccc(Cl)cc1)N1CCNc2ccccc21. The molecule has 0 fully saturated rings. The molecule has 0 aliphatic carbocycles. The fourth-order valence-electron chi connectivity index (χ4n) is 2.13. The highest BCUT2D eigenvalue weighted by molar-refractivity contribution is 6.30. The van der Waals surface area contributed by atoms with E-state index in [2.05, 4.69) is 5.32 Å². The van der Waals surface area contributed by atoms with Crippen LogP contribution in [0.1, 0.15) is 0 Å². The van der Waals surface area contributed by atoms with Gasteiger partial charge in [-0.25, -0.2) is 4.79 Å². The quantitative estimate of drug-likeness (QED) is 0.868. The van der Waals surface area contributed by atoms with Crippen LogP contribution in [0.2, 0.25) is 5.02 Å². The zero-order chi connectivity index (χ0) is 13.9. The Labute approximate surface area is 121 Å². The highest BCUT2D eigenvalue weighted by atomic mass is 35.5. The van der Waals surface area contributed by atoms with Crippen LogP contribution in [0.15, 0.2) is 48.5 Å². The molecule has 0 radical (unpaired) electrons. The predicted molar refractivity (Wildman–Crippen MR) is 79.8 cm³/mol. The van der Waals surface area contributed by atoms with Crippen LogP contribution in [0.3, 0.4) is 0 Å². The molecule has 0 aromatic heterocycles. The molecule has 0 unspecified atom stereocenters. The summed E-state index contributed by atoms with van der Waals surface area (Å²) in [5.41, 5.74) is 1.77. The lowest BCUT2D eigenvalue weighted by Gasteiger charge is -2.29. The third-order valence-electron chi connectivity index (χ3n) is 3.08. The van der Waals surface area contributed by atoms with E-state index in [-0.39, 0.29) is 6.09 Å². The Hall–Kier alpha value is -2.20. The van der Waals surface area contributed by atoms with Crippen LogP contribution in [0.4, 0.5) is 16.2 Å². The van der Waals surface area contributed by atoms with Crippen LogP contribution in [-0.4, -0.2) is 19.2 Å². The average Bonchev–Trinajstić information content (AvgIpc) is 2.49. The molecular formula is C15H13ClN2O2. The molecule has 20 heavy (non-hydrogen) atoms. The van der Waals surface area contributed by atoms with Crippen molar-refractivity contribution in [3.63, 3.8) is 0 Å². The molecule has 1 aliphatic rings. The molecule has 0 saturated carbocycles. The van der Waals surface area contributed by atoms with Crippen molar-refractivity contribution in [1.29, 1.82) is 0 Å². The van der Waals surface area contributed by atoms with Gasteiger partial charge in [-0.1, -0.05) is 23.7 Å². The number of benzene rings is 2. The van der Waals surface area contributed by atoms with Crippen molar-refractivity contribution < 1.29 is 9.53 Å². The summed E-state index contributed by atoms with van der Waals surface area (Å²) in [7, 11) is 0. The average molecular weight is 289 g/mol. The molecule has 0 saturated heterocycles. The van der Waals surface area contributed by atoms with Crippen molar-refractivity contribution in [2.24, 2.45) is 0 Å². The molecule has 1 heterocycles. The van der Waals surface area contributed by atoms with Crippen molar-refractivity contribution in [3.05, 3.63) is 53.6 Å². The summed E-state index contributed by atoms with van der Waals surface area (Å²) in [5, 5.41) is 3.86. The number of carbonyl (C=O) groups is 1. The molecule has 2 aromatic rings. The second-order valence-corrected chi connectivity index (χ2v) is 4.85. The maximum Gasteiger partial charge on any atom is 0.419 e. The second-order valence-electron chi connectivity index (χ2n) is 4.42. The van der Waals surface area contributed by atoms with Gasteiger partial charge in [-0.05, 0) is 36.4 Å². The first-order valence-electron chi connectivity index (χ1n) is 6.32. The largest absolute Gasteiger partial charge is 0.419 e. The number of halogens is 1. The number of anilines is 2. The lowest BCUT2D eigenvalue weighted by Crippen LogP contribution is -2.40. The number of amides is 1. The summed E-state index contributed by atoms with van der Waals surface area (Å²) >= 11 is 5.80. The first-order chi connectivity index (χ1) is 9.74. The van der Waals surface area contributed by atoms with E-state index >= 15 is 0 Å². The Morgan fingerprint density at radius 1 is 1.15 bits per heavy atom. The Balaban J connectivity index is 1.80. The van der Waals surface area contributed by atoms with Crippen LogP contribution in [0.25, 0.3) is 0 Å². The van der Waals surface area contributed by atoms with E-state index in [1.807, 2.05) is 24.3 Å². The second kappa shape index (κ2) is 5.43. The van der Waals surface area contributed by atoms with Gasteiger partial charge in [0.05, 0.1) is 11.4 Å². The van der Waals surface area contributed by atoms with Gasteiger partial charge in [0.15, 0.2) is 0 Å². The number of para-hydroxylation sites is 2. The molecular weight excluding hydrogens is 276 g/mol. The number of nitrogens with zero attached hydrogens (tertiary/aromatic N) is 1. The van der Waals surface area contributed by atoms with E-state index in [9.17, 15) is 4.79 Å². The lowest BCUT2D eigenvalue weighted by molar-refractivity contribution is 0.207. The highest BCUT2D eigenvalue weighted by Gasteiger charge is 2.23. The van der Waals surface area contributed by atoms with Gasteiger partial charge in [0.1, 0.15) is 5.75 Å². The van der Waals surface area contributed by atoms with Crippen LogP contribution in [0.5, 0.6) is 5.75 Å². The van der Waals surface area contributed by atoms with Crippen molar-refractivity contribution in [3.8, 4) is 5.75 Å². The number of hydrogen-bond donors (Lipinski definition) is 1. The monoisotopic (exact) mass is 288 g/mol. The molecule has 1 aliphatic heterocycles. The molecule has 1 N–H and O–H groups in total. The number of carbonyl (C=O) groups excluding carboxylic acids is 1. The molecule has 0 spiro atoms. The maximum atomic E-state index is 12.3. The predicted octanol–water partition coefficient (Wildman–Crippen LogP) is 3.77. The van der Waals surface area contributed by atoms with Crippen molar-refractivity contribution in [2.75, 3.05) is 23.3 Å². The summed E-state index contributed by atoms with van der Waals surface area (Å²) < 4.78 is 5.37. The Bertz CT molecular complexity index is 628. The third kappa shape index (κ3) is 2.56. The molecule has 102 valence electrons. The van der Waals surface area contributed by atoms with Gasteiger partial charge in [0.25, 0.3) is 0 Å². The molecule has 4 nitrogen and oxygen atoms in total. The fourth-order valence-corrected chi connectivity index (χ4v) is 2.26. The summed E-state index contributed by atoms with van der Waals surface area (Å²) in [6, 6.07) is 14.4. The number of ether oxygens (including phenoxy) is 1. The zero-order valence-corrected chi connectivity index (χ0v) is 11.4. The van der Waals surface area contributed by atoms with Gasteiger partial charge < -0.3 is 10.1 Å². The molecule has 2 aromatic carbocycles. The van der Waals surface area contributed by atoms with E-state index in [1.54, 1.807) is 29.2 Å². The molecule has 3 rings (SSSR count). The molecule has 0 bridgehead atoms. The van der Waals surface area contributed by atoms with Gasteiger partial charge in [-0.3, -0.25) is 4.90 Å². The number of rotatable bonds is 1. The fraction of sp³-hybridized carbons (Fsp3) is 0.133. The normalized spacial score (nSPS) is 13.3. The smallest absolute Gasteiger partial charge is 0.410 e. The van der Waals surface area contributed by atoms with Crippen molar-refractivity contribution >= 4 is 29.1 Å². The lowest BCUT2D eigenvalue weighted by atomic mass is 10.2. The Kier molecular flexibility index (Phi) is 3.48. The van der Waals surface area contributed by atoms with E-state index < -0.39 is 0 Å². The van der Waals surface area contributed by atoms with E-state index in [0.29, 0.717) is 23.9 Å². The van der Waals surface area contributed by atoms with Crippen molar-refractivity contribution in [1.82, 2.24) is 0 Å². The minimum atomic E-state index is -0.388. The van der Waals surface area contributed by atoms with Crippen LogP contribution < -0.4 is 15.0 Å². The first-order valence-corrected chi connectivity index (χ1v) is 6.70. The van der Waals surface area contributed by atoms with Crippen LogP contribution in [-0.2, 0) is 0 Å². The minimum Gasteiger partial charge on any atom is -0.410 e. The minimum absolute atomic E-state index is 0.388. The van der Waals surface area contributed by atoms with Crippen molar-refractivity contribution in [2.45, 2.75) is 0 Å². The van der Waals surface area contributed by atoms with Gasteiger partial charge in [0, 0.05) is 18.1 Å². The molecule has 0 atom stereocenters. The van der Waals surface area contributed by atoms with E-state index in [4.69, 9.17) is 16.3 Å². The van der Waals surface area contributed by atoms with Crippen LogP contribution in [0, 0.1) is 0 Å². The zero-order valence-electron chi connectivity index (χ0n) is 10.7. The molecule has 1 amide bonds. The summed E-state index contributed by atoms with van der Waals surface area (Å²) in [6.07, 6.45) is -0.388. The summed E-state index contributed by atoms with van der Waals surface area (Å²) in [4.78, 5) is 13.9. The maximum absolute atomic E-state index is 12.3. The topological polar surface area (TPSA) is 41.6 Å². The van der Waals surface area contributed by atoms with E-state index in [1.165, 1.54) is 0 Å². The van der Waals surface area contributed by atoms with E-state index in [0.717, 1.165) is 11.4 Å². The van der Waals surface area contributed by atoms with Gasteiger partial charge in [0.2, 0.25) is 0 Å². The number of fused-ring (bicyclic) bond motifs is 1. The molecule has 5 heteroatoms. The summed E-state index contributed by atoms with van der Waals surface area (Å²) in [6.45, 7) is 1.27. The number of nitrogens with one attached hydrogen (secondary N) is 1. The highest BCUT2D eigenvalue weighted by Crippen LogP contribution is 2.29. The van der Waals surface area contributed by atoms with Gasteiger partial charge >= 0.3 is 6.09 Å².